The summed E-state index contributed by atoms with van der Waals surface area (Å²) in [6.07, 6.45) is 5.61. The minimum atomic E-state index is 0.944. The van der Waals surface area contributed by atoms with Crippen LogP contribution in [0.1, 0.15) is 0 Å². The highest BCUT2D eigenvalue weighted by atomic mass is 15.3. The van der Waals surface area contributed by atoms with Crippen LogP contribution in [0.2, 0.25) is 0 Å². The molecule has 0 unspecified atom stereocenters. The Labute approximate surface area is 230 Å². The average molecular weight is 517 g/mol. The van der Waals surface area contributed by atoms with Gasteiger partial charge in [0.05, 0.1) is 33.4 Å². The van der Waals surface area contributed by atoms with E-state index in [1.807, 2.05) is 47.4 Å². The van der Waals surface area contributed by atoms with Crippen LogP contribution in [0.15, 0.2) is 128 Å². The molecule has 8 rings (SSSR count). The molecule has 0 spiro atoms. The number of hydrogen-bond acceptors (Lipinski definition) is 3. The van der Waals surface area contributed by atoms with Crippen LogP contribution in [0.25, 0.3) is 66.9 Å². The SMILES string of the molecule is Cn1c(-c2ccc3c4ccc(-n5cccn5)cc4n(-c4cccc(-c5ccccn5)c4)c3c2)nc2ccccc21. The van der Waals surface area contributed by atoms with Gasteiger partial charge in [-0.15, -0.1) is 0 Å². The van der Waals surface area contributed by atoms with Crippen molar-refractivity contribution < 1.29 is 0 Å². The topological polar surface area (TPSA) is 53.5 Å². The summed E-state index contributed by atoms with van der Waals surface area (Å²) in [7, 11) is 2.08. The first kappa shape index (κ1) is 22.5. The van der Waals surface area contributed by atoms with Crippen LogP contribution in [-0.4, -0.2) is 28.9 Å². The summed E-state index contributed by atoms with van der Waals surface area (Å²) in [5.41, 5.74) is 9.52. The summed E-state index contributed by atoms with van der Waals surface area (Å²) in [6, 6.07) is 38.0. The maximum atomic E-state index is 4.98. The van der Waals surface area contributed by atoms with Crippen LogP contribution in [-0.2, 0) is 7.05 Å². The Hall–Kier alpha value is -5.49. The number of aromatic nitrogens is 6. The van der Waals surface area contributed by atoms with Crippen LogP contribution >= 0.6 is 0 Å². The number of benzene rings is 4. The molecule has 0 amide bonds. The molecule has 0 aliphatic heterocycles. The zero-order chi connectivity index (χ0) is 26.6. The molecule has 40 heavy (non-hydrogen) atoms. The van der Waals surface area contributed by atoms with Crippen molar-refractivity contribution in [1.82, 2.24) is 28.9 Å². The van der Waals surface area contributed by atoms with Crippen molar-refractivity contribution in [2.24, 2.45) is 7.05 Å². The van der Waals surface area contributed by atoms with E-state index in [1.165, 1.54) is 10.8 Å². The van der Waals surface area contributed by atoms with Gasteiger partial charge in [-0.25, -0.2) is 9.67 Å². The average Bonchev–Trinajstić information content (AvgIpc) is 3.74. The van der Waals surface area contributed by atoms with E-state index in [9.17, 15) is 0 Å². The Bertz CT molecular complexity index is 2170. The van der Waals surface area contributed by atoms with Gasteiger partial charge in [0.15, 0.2) is 0 Å². The van der Waals surface area contributed by atoms with Gasteiger partial charge in [-0.3, -0.25) is 4.98 Å². The third kappa shape index (κ3) is 3.47. The normalized spacial score (nSPS) is 11.6. The van der Waals surface area contributed by atoms with Crippen molar-refractivity contribution in [2.45, 2.75) is 0 Å². The zero-order valence-corrected chi connectivity index (χ0v) is 21.8. The Kier molecular flexibility index (Phi) is 4.94. The minimum absolute atomic E-state index is 0.944. The lowest BCUT2D eigenvalue weighted by Crippen LogP contribution is -1.98. The smallest absolute Gasteiger partial charge is 0.140 e. The summed E-state index contributed by atoms with van der Waals surface area (Å²) < 4.78 is 6.41. The van der Waals surface area contributed by atoms with E-state index in [1.54, 1.807) is 6.20 Å². The van der Waals surface area contributed by atoms with E-state index in [4.69, 9.17) is 4.98 Å². The second kappa shape index (κ2) is 8.78. The third-order valence-corrected chi connectivity index (χ3v) is 7.63. The van der Waals surface area contributed by atoms with E-state index in [0.29, 0.717) is 0 Å². The maximum Gasteiger partial charge on any atom is 0.140 e. The molecule has 0 bridgehead atoms. The van der Waals surface area contributed by atoms with E-state index in [-0.39, 0.29) is 0 Å². The number of rotatable bonds is 4. The molecule has 6 heteroatoms. The van der Waals surface area contributed by atoms with Crippen LogP contribution < -0.4 is 0 Å². The van der Waals surface area contributed by atoms with Gasteiger partial charge in [0.2, 0.25) is 0 Å². The van der Waals surface area contributed by atoms with Crippen molar-refractivity contribution in [2.75, 3.05) is 0 Å². The molecule has 0 radical (unpaired) electrons. The zero-order valence-electron chi connectivity index (χ0n) is 21.8. The van der Waals surface area contributed by atoms with Crippen LogP contribution in [0, 0.1) is 0 Å². The van der Waals surface area contributed by atoms with Crippen molar-refractivity contribution in [3.05, 3.63) is 128 Å². The molecule has 0 saturated carbocycles. The van der Waals surface area contributed by atoms with Crippen molar-refractivity contribution in [1.29, 1.82) is 0 Å². The number of fused-ring (bicyclic) bond motifs is 4. The van der Waals surface area contributed by atoms with Crippen molar-refractivity contribution >= 4 is 32.8 Å². The standard InChI is InChI=1S/C34H24N6/c1-38-31-12-3-2-11-30(31)37-34(38)24-13-15-27-28-16-14-25(39-19-7-18-36-39)22-33(28)40(32(27)21-24)26-9-6-8-23(20-26)29-10-4-5-17-35-29/h2-22H,1H3. The molecular formula is C34H24N6. The predicted octanol–water partition coefficient (Wildman–Crippen LogP) is 7.59. The minimum Gasteiger partial charge on any atom is -0.327 e. The predicted molar refractivity (Wildman–Crippen MR) is 161 cm³/mol. The largest absolute Gasteiger partial charge is 0.327 e. The van der Waals surface area contributed by atoms with Gasteiger partial charge in [0.1, 0.15) is 5.82 Å². The van der Waals surface area contributed by atoms with Gasteiger partial charge in [-0.1, -0.05) is 48.5 Å². The third-order valence-electron chi connectivity index (χ3n) is 7.63. The Morgan fingerprint density at radius 1 is 0.600 bits per heavy atom. The fourth-order valence-electron chi connectivity index (χ4n) is 5.73. The van der Waals surface area contributed by atoms with Gasteiger partial charge in [-0.2, -0.15) is 5.10 Å². The monoisotopic (exact) mass is 516 g/mol. The highest BCUT2D eigenvalue weighted by Crippen LogP contribution is 2.37. The van der Waals surface area contributed by atoms with Gasteiger partial charge in [0.25, 0.3) is 0 Å². The number of aryl methyl sites for hydroxylation is 1. The highest BCUT2D eigenvalue weighted by Gasteiger charge is 2.17. The second-order valence-electron chi connectivity index (χ2n) is 9.97. The fraction of sp³-hybridized carbons (Fsp3) is 0.0294. The number of nitrogens with zero attached hydrogens (tertiary/aromatic N) is 6. The molecule has 190 valence electrons. The lowest BCUT2D eigenvalue weighted by molar-refractivity contribution is 0.881. The highest BCUT2D eigenvalue weighted by molar-refractivity contribution is 6.10. The first-order chi connectivity index (χ1) is 19.7. The Morgan fingerprint density at radius 3 is 2.27 bits per heavy atom. The van der Waals surface area contributed by atoms with E-state index in [0.717, 1.165) is 56.1 Å². The first-order valence-electron chi connectivity index (χ1n) is 13.3. The molecule has 0 saturated heterocycles. The molecule has 8 aromatic rings. The number of imidazole rings is 1. The van der Waals surface area contributed by atoms with Gasteiger partial charge < -0.3 is 9.13 Å². The number of pyridine rings is 1. The summed E-state index contributed by atoms with van der Waals surface area (Å²) in [6.45, 7) is 0. The molecule has 4 aromatic carbocycles. The summed E-state index contributed by atoms with van der Waals surface area (Å²) >= 11 is 0. The van der Waals surface area contributed by atoms with E-state index < -0.39 is 0 Å². The van der Waals surface area contributed by atoms with Crippen LogP contribution in [0.3, 0.4) is 0 Å². The van der Waals surface area contributed by atoms with Gasteiger partial charge in [0, 0.05) is 53.2 Å². The molecule has 0 N–H and O–H groups in total. The molecule has 6 nitrogen and oxygen atoms in total. The molecule has 0 aliphatic carbocycles. The van der Waals surface area contributed by atoms with E-state index >= 15 is 0 Å². The quantitative estimate of drug-likeness (QED) is 0.242. The van der Waals surface area contributed by atoms with Crippen LogP contribution in [0.4, 0.5) is 0 Å². The first-order valence-corrected chi connectivity index (χ1v) is 13.3. The second-order valence-corrected chi connectivity index (χ2v) is 9.97. The number of hydrogen-bond donors (Lipinski definition) is 0. The molecule has 0 fully saturated rings. The lowest BCUT2D eigenvalue weighted by atomic mass is 10.1. The summed E-state index contributed by atoms with van der Waals surface area (Å²) in [5, 5.41) is 6.85. The van der Waals surface area contributed by atoms with E-state index in [2.05, 4.69) is 105 Å². The molecule has 4 heterocycles. The lowest BCUT2D eigenvalue weighted by Gasteiger charge is -2.11. The Morgan fingerprint density at radius 2 is 1.45 bits per heavy atom. The maximum absolute atomic E-state index is 4.98. The number of para-hydroxylation sites is 2. The van der Waals surface area contributed by atoms with Crippen molar-refractivity contribution in [3.63, 3.8) is 0 Å². The molecule has 0 aliphatic rings. The Balaban J connectivity index is 1.41. The van der Waals surface area contributed by atoms with Gasteiger partial charge in [-0.05, 0) is 60.7 Å². The summed E-state index contributed by atoms with van der Waals surface area (Å²) in [5.74, 6) is 0.944. The molecule has 0 atom stereocenters. The molecule has 4 aromatic heterocycles. The summed E-state index contributed by atoms with van der Waals surface area (Å²) in [4.78, 5) is 9.58. The van der Waals surface area contributed by atoms with Crippen LogP contribution in [0.5, 0.6) is 0 Å². The van der Waals surface area contributed by atoms with Crippen molar-refractivity contribution in [3.8, 4) is 34.0 Å². The fourth-order valence-corrected chi connectivity index (χ4v) is 5.73. The van der Waals surface area contributed by atoms with Gasteiger partial charge >= 0.3 is 0 Å². The molecular weight excluding hydrogens is 492 g/mol.